The maximum atomic E-state index is 9.42. The van der Waals surface area contributed by atoms with E-state index in [0.717, 1.165) is 35.1 Å². The van der Waals surface area contributed by atoms with Gasteiger partial charge in [-0.1, -0.05) is 11.3 Å². The van der Waals surface area contributed by atoms with Gasteiger partial charge in [0.1, 0.15) is 0 Å². The molecule has 0 aliphatic carbocycles. The Kier molecular flexibility index (Phi) is 3.66. The van der Waals surface area contributed by atoms with E-state index in [1.165, 1.54) is 0 Å². The van der Waals surface area contributed by atoms with E-state index in [1.54, 1.807) is 11.3 Å². The Labute approximate surface area is 102 Å². The first-order valence-electron chi connectivity index (χ1n) is 4.95. The summed E-state index contributed by atoms with van der Waals surface area (Å²) in [5.74, 6) is 0. The van der Waals surface area contributed by atoms with Gasteiger partial charge >= 0.3 is 7.05 Å². The van der Waals surface area contributed by atoms with Gasteiger partial charge in [0, 0.05) is 26.2 Å². The lowest BCUT2D eigenvalue weighted by molar-refractivity contribution is 0.344. The molecule has 0 bridgehead atoms. The summed E-state index contributed by atoms with van der Waals surface area (Å²) in [6.07, 6.45) is 1.83. The third kappa shape index (κ3) is 2.72. The molecule has 1 N–H and O–H groups in total. The largest absolute Gasteiger partial charge is 0.437 e. The summed E-state index contributed by atoms with van der Waals surface area (Å²) >= 11 is 5.07. The predicted molar refractivity (Wildman–Crippen MR) is 67.4 cm³/mol. The van der Waals surface area contributed by atoms with Crippen molar-refractivity contribution in [3.8, 4) is 0 Å². The summed E-state index contributed by atoms with van der Waals surface area (Å²) in [7, 11) is -0.338. The summed E-state index contributed by atoms with van der Waals surface area (Å²) in [6.45, 7) is 5.48. The number of nitrogens with zero attached hydrogens (tertiary/aromatic N) is 3. The molecule has 0 saturated carbocycles. The SMILES string of the molecule is CB(O)N1CCN(c2ncc(Br)s2)CC1. The fourth-order valence-electron chi connectivity index (χ4n) is 1.68. The Morgan fingerprint density at radius 2 is 2.13 bits per heavy atom. The third-order valence-corrected chi connectivity index (χ3v) is 4.12. The van der Waals surface area contributed by atoms with Crippen molar-refractivity contribution in [1.82, 2.24) is 9.79 Å². The molecule has 0 spiro atoms. The number of piperazine rings is 1. The molecule has 0 radical (unpaired) electrons. The third-order valence-electron chi connectivity index (χ3n) is 2.58. The summed E-state index contributed by atoms with van der Waals surface area (Å²) in [5, 5.41) is 10.5. The van der Waals surface area contributed by atoms with E-state index in [2.05, 4.69) is 30.6 Å². The molecule has 15 heavy (non-hydrogen) atoms. The lowest BCUT2D eigenvalue weighted by Gasteiger charge is -2.35. The summed E-state index contributed by atoms with van der Waals surface area (Å²) in [6, 6.07) is 0. The van der Waals surface area contributed by atoms with E-state index < -0.39 is 0 Å². The average molecular weight is 290 g/mol. The lowest BCUT2D eigenvalue weighted by atomic mass is 9.84. The number of halogens is 1. The maximum Gasteiger partial charge on any atom is 0.376 e. The first kappa shape index (κ1) is 11.4. The highest BCUT2D eigenvalue weighted by molar-refractivity contribution is 9.11. The Morgan fingerprint density at radius 3 is 2.60 bits per heavy atom. The van der Waals surface area contributed by atoms with E-state index in [-0.39, 0.29) is 7.05 Å². The first-order valence-corrected chi connectivity index (χ1v) is 6.56. The van der Waals surface area contributed by atoms with Crippen LogP contribution < -0.4 is 4.90 Å². The van der Waals surface area contributed by atoms with Crippen LogP contribution in [0.2, 0.25) is 6.82 Å². The lowest BCUT2D eigenvalue weighted by Crippen LogP contribution is -2.51. The van der Waals surface area contributed by atoms with Crippen molar-refractivity contribution in [2.75, 3.05) is 31.1 Å². The number of aromatic nitrogens is 1. The maximum absolute atomic E-state index is 9.42. The van der Waals surface area contributed by atoms with Gasteiger partial charge in [-0.3, -0.25) is 0 Å². The van der Waals surface area contributed by atoms with Crippen LogP contribution in [0.15, 0.2) is 9.98 Å². The van der Waals surface area contributed by atoms with Crippen LogP contribution in [0.4, 0.5) is 5.13 Å². The molecular weight excluding hydrogens is 277 g/mol. The van der Waals surface area contributed by atoms with Gasteiger partial charge in [0.25, 0.3) is 0 Å². The number of hydrogen-bond donors (Lipinski definition) is 1. The highest BCUT2D eigenvalue weighted by Crippen LogP contribution is 2.27. The minimum Gasteiger partial charge on any atom is -0.437 e. The van der Waals surface area contributed by atoms with Crippen LogP contribution in [0.1, 0.15) is 0 Å². The van der Waals surface area contributed by atoms with E-state index in [0.29, 0.717) is 0 Å². The molecule has 1 aromatic heterocycles. The van der Waals surface area contributed by atoms with Crippen LogP contribution in [-0.2, 0) is 0 Å². The van der Waals surface area contributed by atoms with Crippen LogP contribution in [0, 0.1) is 0 Å². The van der Waals surface area contributed by atoms with E-state index in [4.69, 9.17) is 0 Å². The Balaban J connectivity index is 1.93. The normalized spacial score (nSPS) is 18.2. The summed E-state index contributed by atoms with van der Waals surface area (Å²) in [5.41, 5.74) is 0. The van der Waals surface area contributed by atoms with Gasteiger partial charge in [-0.05, 0) is 22.8 Å². The monoisotopic (exact) mass is 289 g/mol. The van der Waals surface area contributed by atoms with Crippen molar-refractivity contribution >= 4 is 39.4 Å². The molecule has 1 saturated heterocycles. The zero-order chi connectivity index (χ0) is 10.8. The van der Waals surface area contributed by atoms with Crippen molar-refractivity contribution in [3.63, 3.8) is 0 Å². The molecule has 1 aliphatic heterocycles. The molecule has 7 heteroatoms. The molecule has 4 nitrogen and oxygen atoms in total. The number of anilines is 1. The zero-order valence-electron chi connectivity index (χ0n) is 8.56. The second kappa shape index (κ2) is 4.82. The molecule has 0 aromatic carbocycles. The summed E-state index contributed by atoms with van der Waals surface area (Å²) < 4.78 is 1.07. The van der Waals surface area contributed by atoms with Crippen LogP contribution in [-0.4, -0.2) is 48.0 Å². The van der Waals surface area contributed by atoms with Crippen molar-refractivity contribution < 1.29 is 5.02 Å². The molecule has 1 aromatic rings. The smallest absolute Gasteiger partial charge is 0.376 e. The summed E-state index contributed by atoms with van der Waals surface area (Å²) in [4.78, 5) is 8.65. The number of thiazole rings is 1. The van der Waals surface area contributed by atoms with Crippen LogP contribution >= 0.6 is 27.3 Å². The molecule has 2 rings (SSSR count). The topological polar surface area (TPSA) is 39.6 Å². The van der Waals surface area contributed by atoms with Gasteiger partial charge in [0.05, 0.1) is 9.98 Å². The minimum absolute atomic E-state index is 0.338. The van der Waals surface area contributed by atoms with Gasteiger partial charge in [-0.2, -0.15) is 0 Å². The van der Waals surface area contributed by atoms with Gasteiger partial charge < -0.3 is 14.7 Å². The highest BCUT2D eigenvalue weighted by atomic mass is 79.9. The van der Waals surface area contributed by atoms with Crippen molar-refractivity contribution in [2.45, 2.75) is 6.82 Å². The second-order valence-corrected chi connectivity index (χ2v) is 5.99. The van der Waals surface area contributed by atoms with E-state index in [1.807, 2.05) is 13.0 Å². The molecular formula is C8H13BBrN3OS. The molecule has 2 heterocycles. The molecule has 1 aliphatic rings. The zero-order valence-corrected chi connectivity index (χ0v) is 11.0. The van der Waals surface area contributed by atoms with Gasteiger partial charge in [-0.15, -0.1) is 0 Å². The minimum atomic E-state index is -0.338. The van der Waals surface area contributed by atoms with Gasteiger partial charge in [0.2, 0.25) is 0 Å². The van der Waals surface area contributed by atoms with Crippen LogP contribution in [0.5, 0.6) is 0 Å². The fourth-order valence-corrected chi connectivity index (χ4v) is 2.91. The number of rotatable bonds is 2. The predicted octanol–water partition coefficient (Wildman–Crippen LogP) is 1.14. The van der Waals surface area contributed by atoms with Crippen molar-refractivity contribution in [3.05, 3.63) is 9.98 Å². The van der Waals surface area contributed by atoms with Gasteiger partial charge in [0.15, 0.2) is 5.13 Å². The Hall–Kier alpha value is -0.105. The van der Waals surface area contributed by atoms with Crippen LogP contribution in [0.25, 0.3) is 0 Å². The molecule has 0 unspecified atom stereocenters. The standard InChI is InChI=1S/C8H13BBrN3OS/c1-9(14)13-4-2-12(3-5-13)8-11-6-7(10)15-8/h6,14H,2-5H2,1H3. The van der Waals surface area contributed by atoms with E-state index in [9.17, 15) is 5.02 Å². The molecule has 82 valence electrons. The quantitative estimate of drug-likeness (QED) is 0.829. The average Bonchev–Trinajstić information content (AvgIpc) is 2.65. The second-order valence-electron chi connectivity index (χ2n) is 3.60. The molecule has 1 fully saturated rings. The van der Waals surface area contributed by atoms with Crippen LogP contribution in [0.3, 0.4) is 0 Å². The highest BCUT2D eigenvalue weighted by Gasteiger charge is 2.23. The van der Waals surface area contributed by atoms with Gasteiger partial charge in [-0.25, -0.2) is 4.98 Å². The van der Waals surface area contributed by atoms with Crippen molar-refractivity contribution in [1.29, 1.82) is 0 Å². The Morgan fingerprint density at radius 1 is 1.47 bits per heavy atom. The fraction of sp³-hybridized carbons (Fsp3) is 0.625. The first-order chi connectivity index (χ1) is 7.16. The Bertz CT molecular complexity index is 327. The van der Waals surface area contributed by atoms with E-state index >= 15 is 0 Å². The number of hydrogen-bond acceptors (Lipinski definition) is 5. The molecule has 0 amide bonds. The molecule has 0 atom stereocenters. The van der Waals surface area contributed by atoms with Crippen molar-refractivity contribution in [2.24, 2.45) is 0 Å².